The van der Waals surface area contributed by atoms with E-state index in [0.717, 1.165) is 11.7 Å². The number of anilines is 1. The Labute approximate surface area is 93.9 Å². The number of nitrogens with zero attached hydrogens (tertiary/aromatic N) is 3. The lowest BCUT2D eigenvalue weighted by Crippen LogP contribution is -2.19. The topological polar surface area (TPSA) is 101 Å². The molecule has 16 heavy (non-hydrogen) atoms. The number of amides is 1. The van der Waals surface area contributed by atoms with Crippen molar-refractivity contribution >= 4 is 23.5 Å². The number of aryl methyl sites for hydroxylation is 1. The average molecular weight is 237 g/mol. The SMILES string of the molecule is Cc1cc(C(=O)Nc2cnsn2)n[nH]c1=O. The zero-order valence-corrected chi connectivity index (χ0v) is 9.04. The van der Waals surface area contributed by atoms with E-state index in [2.05, 4.69) is 24.3 Å². The van der Waals surface area contributed by atoms with Gasteiger partial charge in [-0.3, -0.25) is 9.59 Å². The van der Waals surface area contributed by atoms with Gasteiger partial charge >= 0.3 is 0 Å². The molecule has 0 aliphatic rings. The standard InChI is InChI=1S/C8H7N5O2S/c1-4-2-5(11-12-7(4)14)8(15)10-6-3-9-16-13-6/h2-3H,1H3,(H,12,14)(H,10,13,15). The van der Waals surface area contributed by atoms with Crippen LogP contribution in [-0.4, -0.2) is 24.9 Å². The first-order valence-electron chi connectivity index (χ1n) is 4.32. The van der Waals surface area contributed by atoms with E-state index in [0.29, 0.717) is 11.4 Å². The fraction of sp³-hybridized carbons (Fsp3) is 0.125. The third-order valence-electron chi connectivity index (χ3n) is 1.82. The summed E-state index contributed by atoms with van der Waals surface area (Å²) in [6, 6.07) is 1.41. The summed E-state index contributed by atoms with van der Waals surface area (Å²) in [5.41, 5.74) is 0.244. The van der Waals surface area contributed by atoms with Crippen molar-refractivity contribution in [1.29, 1.82) is 0 Å². The predicted molar refractivity (Wildman–Crippen MR) is 57.5 cm³/mol. The second-order valence-corrected chi connectivity index (χ2v) is 3.57. The van der Waals surface area contributed by atoms with Gasteiger partial charge < -0.3 is 5.32 Å². The van der Waals surface area contributed by atoms with Gasteiger partial charge in [0.05, 0.1) is 17.9 Å². The Morgan fingerprint density at radius 2 is 2.38 bits per heavy atom. The molecule has 8 heteroatoms. The van der Waals surface area contributed by atoms with Crippen molar-refractivity contribution in [3.05, 3.63) is 33.9 Å². The van der Waals surface area contributed by atoms with Crippen molar-refractivity contribution in [1.82, 2.24) is 18.9 Å². The van der Waals surface area contributed by atoms with E-state index in [1.165, 1.54) is 12.3 Å². The van der Waals surface area contributed by atoms with Crippen molar-refractivity contribution in [2.24, 2.45) is 0 Å². The Kier molecular flexibility index (Phi) is 2.73. The molecule has 82 valence electrons. The molecule has 0 unspecified atom stereocenters. The van der Waals surface area contributed by atoms with Crippen molar-refractivity contribution < 1.29 is 4.79 Å². The van der Waals surface area contributed by atoms with E-state index in [4.69, 9.17) is 0 Å². The number of carbonyl (C=O) groups is 1. The van der Waals surface area contributed by atoms with Gasteiger partial charge in [-0.2, -0.15) is 13.8 Å². The minimum absolute atomic E-state index is 0.130. The zero-order valence-electron chi connectivity index (χ0n) is 8.22. The minimum atomic E-state index is -0.438. The molecule has 2 heterocycles. The fourth-order valence-corrected chi connectivity index (χ4v) is 1.39. The van der Waals surface area contributed by atoms with Gasteiger partial charge in [-0.05, 0) is 13.0 Å². The molecule has 0 saturated carbocycles. The molecule has 0 radical (unpaired) electrons. The number of rotatable bonds is 2. The van der Waals surface area contributed by atoms with Crippen LogP contribution in [0.15, 0.2) is 17.1 Å². The molecule has 2 aromatic rings. The van der Waals surface area contributed by atoms with E-state index >= 15 is 0 Å². The summed E-state index contributed by atoms with van der Waals surface area (Å²) in [4.78, 5) is 22.7. The molecule has 1 amide bonds. The van der Waals surface area contributed by atoms with Gasteiger partial charge in [0.2, 0.25) is 0 Å². The third-order valence-corrected chi connectivity index (χ3v) is 2.30. The quantitative estimate of drug-likeness (QED) is 0.776. The average Bonchev–Trinajstić information content (AvgIpc) is 2.74. The van der Waals surface area contributed by atoms with E-state index in [1.54, 1.807) is 6.92 Å². The molecule has 0 saturated heterocycles. The van der Waals surface area contributed by atoms with E-state index in [-0.39, 0.29) is 11.3 Å². The van der Waals surface area contributed by atoms with Crippen molar-refractivity contribution in [2.45, 2.75) is 6.92 Å². The Balaban J connectivity index is 2.21. The van der Waals surface area contributed by atoms with Gasteiger partial charge in [-0.15, -0.1) is 0 Å². The number of aromatic nitrogens is 4. The molecule has 0 bridgehead atoms. The lowest BCUT2D eigenvalue weighted by atomic mass is 10.3. The Bertz CT molecular complexity index is 562. The van der Waals surface area contributed by atoms with Crippen molar-refractivity contribution in [3.63, 3.8) is 0 Å². The first-order valence-corrected chi connectivity index (χ1v) is 5.05. The van der Waals surface area contributed by atoms with Crippen LogP contribution >= 0.6 is 11.7 Å². The third kappa shape index (κ3) is 2.11. The molecule has 2 aromatic heterocycles. The van der Waals surface area contributed by atoms with Crippen LogP contribution in [0.5, 0.6) is 0 Å². The molecular weight excluding hydrogens is 230 g/mol. The van der Waals surface area contributed by atoms with Crippen LogP contribution in [0.1, 0.15) is 16.1 Å². The highest BCUT2D eigenvalue weighted by molar-refractivity contribution is 6.99. The zero-order chi connectivity index (χ0) is 11.5. The number of carbonyl (C=O) groups excluding carboxylic acids is 1. The van der Waals surface area contributed by atoms with Crippen LogP contribution in [0, 0.1) is 6.92 Å². The summed E-state index contributed by atoms with van der Waals surface area (Å²) in [5.74, 6) is -0.0762. The Hall–Kier alpha value is -2.09. The molecule has 0 spiro atoms. The first-order chi connectivity index (χ1) is 7.66. The molecule has 0 fully saturated rings. The van der Waals surface area contributed by atoms with Crippen LogP contribution < -0.4 is 10.9 Å². The van der Waals surface area contributed by atoms with Crippen molar-refractivity contribution in [3.8, 4) is 0 Å². The maximum Gasteiger partial charge on any atom is 0.277 e. The molecule has 0 aliphatic heterocycles. The highest BCUT2D eigenvalue weighted by atomic mass is 32.1. The van der Waals surface area contributed by atoms with Crippen LogP contribution in [0.2, 0.25) is 0 Å². The van der Waals surface area contributed by atoms with Crippen LogP contribution in [-0.2, 0) is 0 Å². The predicted octanol–water partition coefficient (Wildman–Crippen LogP) is 0.182. The number of H-pyrrole nitrogens is 1. The minimum Gasteiger partial charge on any atom is -0.303 e. The van der Waals surface area contributed by atoms with Gasteiger partial charge in [0, 0.05) is 5.56 Å². The summed E-state index contributed by atoms with van der Waals surface area (Å²) in [6.45, 7) is 1.60. The summed E-state index contributed by atoms with van der Waals surface area (Å²) in [6.07, 6.45) is 1.43. The maximum absolute atomic E-state index is 11.6. The summed E-state index contributed by atoms with van der Waals surface area (Å²) >= 11 is 0.989. The second kappa shape index (κ2) is 4.19. The number of hydrogen-bond acceptors (Lipinski definition) is 6. The summed E-state index contributed by atoms with van der Waals surface area (Å²) < 4.78 is 7.56. The van der Waals surface area contributed by atoms with Gasteiger partial charge in [0.1, 0.15) is 5.69 Å². The lowest BCUT2D eigenvalue weighted by molar-refractivity contribution is 0.102. The first kappa shape index (κ1) is 10.4. The maximum atomic E-state index is 11.6. The second-order valence-electron chi connectivity index (χ2n) is 3.01. The number of hydrogen-bond donors (Lipinski definition) is 2. The number of aromatic amines is 1. The van der Waals surface area contributed by atoms with E-state index < -0.39 is 5.91 Å². The Morgan fingerprint density at radius 1 is 1.56 bits per heavy atom. The Morgan fingerprint density at radius 3 is 3.00 bits per heavy atom. The summed E-state index contributed by atoms with van der Waals surface area (Å²) in [5, 5.41) is 8.35. The van der Waals surface area contributed by atoms with Crippen LogP contribution in [0.3, 0.4) is 0 Å². The normalized spacial score (nSPS) is 10.1. The molecule has 0 atom stereocenters. The molecule has 0 aliphatic carbocycles. The molecule has 0 aromatic carbocycles. The molecule has 2 rings (SSSR count). The van der Waals surface area contributed by atoms with Crippen LogP contribution in [0.4, 0.5) is 5.82 Å². The van der Waals surface area contributed by atoms with Crippen molar-refractivity contribution in [2.75, 3.05) is 5.32 Å². The van der Waals surface area contributed by atoms with Crippen LogP contribution in [0.25, 0.3) is 0 Å². The number of nitrogens with one attached hydrogen (secondary N) is 2. The van der Waals surface area contributed by atoms with Gasteiger partial charge in [0.15, 0.2) is 5.82 Å². The fourth-order valence-electron chi connectivity index (χ4n) is 1.02. The smallest absolute Gasteiger partial charge is 0.277 e. The largest absolute Gasteiger partial charge is 0.303 e. The van der Waals surface area contributed by atoms with Gasteiger partial charge in [-0.1, -0.05) is 0 Å². The lowest BCUT2D eigenvalue weighted by Gasteiger charge is -2.00. The molecular formula is C8H7N5O2S. The van der Waals surface area contributed by atoms with Gasteiger partial charge in [0.25, 0.3) is 11.5 Å². The summed E-state index contributed by atoms with van der Waals surface area (Å²) in [7, 11) is 0. The van der Waals surface area contributed by atoms with E-state index in [1.807, 2.05) is 0 Å². The van der Waals surface area contributed by atoms with E-state index in [9.17, 15) is 9.59 Å². The van der Waals surface area contributed by atoms with Gasteiger partial charge in [-0.25, -0.2) is 5.10 Å². The monoisotopic (exact) mass is 237 g/mol. The molecule has 7 nitrogen and oxygen atoms in total. The highest BCUT2D eigenvalue weighted by Crippen LogP contribution is 2.04. The highest BCUT2D eigenvalue weighted by Gasteiger charge is 2.10. The molecule has 2 N–H and O–H groups in total.